The number of pyridine rings is 1. The number of ether oxygens (including phenoxy) is 1. The van der Waals surface area contributed by atoms with Crippen LogP contribution in [0.2, 0.25) is 0 Å². The fourth-order valence-corrected chi connectivity index (χ4v) is 2.40. The third kappa shape index (κ3) is 5.88. The molecule has 0 radical (unpaired) electrons. The first-order chi connectivity index (χ1) is 14.1. The first-order valence-corrected chi connectivity index (χ1v) is 9.25. The number of aryl methyl sites for hydroxylation is 1. The normalized spacial score (nSPS) is 14.7. The second-order valence-corrected chi connectivity index (χ2v) is 6.97. The molecule has 2 amide bonds. The van der Waals surface area contributed by atoms with Crippen LogP contribution in [0.5, 0.6) is 5.88 Å². The molecule has 1 aliphatic rings. The fraction of sp³-hybridized carbons (Fsp3) is 0.421. The maximum absolute atomic E-state index is 12.5. The molecule has 0 aliphatic heterocycles. The highest BCUT2D eigenvalue weighted by molar-refractivity contribution is 5.95. The van der Waals surface area contributed by atoms with Crippen molar-refractivity contribution < 1.29 is 27.5 Å². The van der Waals surface area contributed by atoms with Crippen molar-refractivity contribution in [2.45, 2.75) is 45.5 Å². The summed E-state index contributed by atoms with van der Waals surface area (Å²) in [5, 5.41) is 5.24. The number of anilines is 1. The zero-order valence-electron chi connectivity index (χ0n) is 16.3. The summed E-state index contributed by atoms with van der Waals surface area (Å²) in [6.45, 7) is 2.64. The molecule has 2 aromatic rings. The number of halogens is 3. The lowest BCUT2D eigenvalue weighted by Crippen LogP contribution is -2.31. The minimum atomic E-state index is -4.49. The largest absolute Gasteiger partial charge is 0.465 e. The molecule has 0 spiro atoms. The molecule has 30 heavy (non-hydrogen) atoms. The zero-order chi connectivity index (χ0) is 21.9. The summed E-state index contributed by atoms with van der Waals surface area (Å²) >= 11 is 0. The summed E-state index contributed by atoms with van der Waals surface area (Å²) < 4.78 is 42.3. The van der Waals surface area contributed by atoms with Gasteiger partial charge in [-0.15, -0.1) is 0 Å². The van der Waals surface area contributed by atoms with Crippen LogP contribution in [0.3, 0.4) is 0 Å². The summed E-state index contributed by atoms with van der Waals surface area (Å²) in [5.74, 6) is -0.782. The standard InChI is InChI=1S/C19H20F3N5O3/c1-10-7-14(26-18(25-10)27-16(28)13-4-5-13)17(29)24-9-12-3-6-15(23-8-12)30-11(2)19(20,21)22/h3,6-8,11,13H,4-5,9H2,1-2H3,(H,24,29)(H,25,26,27,28)/t11-/m1/s1. The molecular formula is C19H20F3N5O3. The van der Waals surface area contributed by atoms with Gasteiger partial charge in [0.1, 0.15) is 5.69 Å². The highest BCUT2D eigenvalue weighted by Crippen LogP contribution is 2.29. The molecule has 11 heteroatoms. The minimum absolute atomic E-state index is 0.0232. The van der Waals surface area contributed by atoms with Gasteiger partial charge >= 0.3 is 6.18 Å². The van der Waals surface area contributed by atoms with Crippen LogP contribution < -0.4 is 15.4 Å². The number of nitrogens with zero attached hydrogens (tertiary/aromatic N) is 3. The van der Waals surface area contributed by atoms with Crippen LogP contribution in [0.25, 0.3) is 0 Å². The van der Waals surface area contributed by atoms with Crippen molar-refractivity contribution in [2.24, 2.45) is 5.92 Å². The lowest BCUT2D eigenvalue weighted by molar-refractivity contribution is -0.189. The number of rotatable bonds is 7. The Hall–Kier alpha value is -3.24. The van der Waals surface area contributed by atoms with Gasteiger partial charge in [0, 0.05) is 30.4 Å². The Labute approximate surface area is 170 Å². The number of alkyl halides is 3. The van der Waals surface area contributed by atoms with Gasteiger partial charge in [0.15, 0.2) is 6.10 Å². The lowest BCUT2D eigenvalue weighted by Gasteiger charge is -2.16. The molecule has 2 heterocycles. The van der Waals surface area contributed by atoms with Crippen LogP contribution in [0.4, 0.5) is 19.1 Å². The maximum Gasteiger partial charge on any atom is 0.425 e. The van der Waals surface area contributed by atoms with Gasteiger partial charge in [-0.25, -0.2) is 15.0 Å². The molecule has 1 saturated carbocycles. The van der Waals surface area contributed by atoms with Crippen LogP contribution in [0.15, 0.2) is 24.4 Å². The average molecular weight is 423 g/mol. The van der Waals surface area contributed by atoms with E-state index < -0.39 is 18.2 Å². The Morgan fingerprint density at radius 2 is 2.00 bits per heavy atom. The molecule has 3 rings (SSSR count). The van der Waals surface area contributed by atoms with Crippen molar-refractivity contribution in [3.63, 3.8) is 0 Å². The van der Waals surface area contributed by atoms with E-state index in [0.717, 1.165) is 19.8 Å². The molecule has 1 fully saturated rings. The molecule has 0 aromatic carbocycles. The summed E-state index contributed by atoms with van der Waals surface area (Å²) in [6.07, 6.45) is -3.49. The van der Waals surface area contributed by atoms with Crippen LogP contribution in [-0.2, 0) is 11.3 Å². The summed E-state index contributed by atoms with van der Waals surface area (Å²) in [4.78, 5) is 36.2. The number of nitrogens with one attached hydrogen (secondary N) is 2. The Morgan fingerprint density at radius 1 is 1.27 bits per heavy atom. The smallest absolute Gasteiger partial charge is 0.425 e. The summed E-state index contributed by atoms with van der Waals surface area (Å²) in [6, 6.07) is 4.28. The Bertz CT molecular complexity index is 930. The number of hydrogen-bond donors (Lipinski definition) is 2. The summed E-state index contributed by atoms with van der Waals surface area (Å²) in [7, 11) is 0. The van der Waals surface area contributed by atoms with Crippen molar-refractivity contribution in [2.75, 3.05) is 5.32 Å². The van der Waals surface area contributed by atoms with Crippen molar-refractivity contribution in [3.05, 3.63) is 41.3 Å². The van der Waals surface area contributed by atoms with Crippen molar-refractivity contribution in [1.29, 1.82) is 0 Å². The third-order valence-corrected chi connectivity index (χ3v) is 4.28. The predicted molar refractivity (Wildman–Crippen MR) is 99.7 cm³/mol. The molecule has 0 unspecified atom stereocenters. The highest BCUT2D eigenvalue weighted by atomic mass is 19.4. The van der Waals surface area contributed by atoms with E-state index in [1.54, 1.807) is 6.92 Å². The van der Waals surface area contributed by atoms with Gasteiger partial charge in [-0.3, -0.25) is 14.9 Å². The van der Waals surface area contributed by atoms with Crippen molar-refractivity contribution in [1.82, 2.24) is 20.3 Å². The molecular weight excluding hydrogens is 403 g/mol. The van der Waals surface area contributed by atoms with E-state index in [2.05, 4.69) is 25.6 Å². The van der Waals surface area contributed by atoms with Gasteiger partial charge in [-0.05, 0) is 38.3 Å². The highest BCUT2D eigenvalue weighted by Gasteiger charge is 2.38. The quantitative estimate of drug-likeness (QED) is 0.709. The van der Waals surface area contributed by atoms with Gasteiger partial charge in [-0.2, -0.15) is 13.2 Å². The van der Waals surface area contributed by atoms with Gasteiger partial charge in [-0.1, -0.05) is 6.07 Å². The number of amides is 2. The molecule has 2 aromatic heterocycles. The molecule has 2 N–H and O–H groups in total. The van der Waals surface area contributed by atoms with Crippen molar-refractivity contribution in [3.8, 4) is 5.88 Å². The van der Waals surface area contributed by atoms with E-state index in [1.165, 1.54) is 24.4 Å². The number of hydrogen-bond acceptors (Lipinski definition) is 6. The zero-order valence-corrected chi connectivity index (χ0v) is 16.3. The van der Waals surface area contributed by atoms with Gasteiger partial charge in [0.2, 0.25) is 17.7 Å². The lowest BCUT2D eigenvalue weighted by atomic mass is 10.2. The van der Waals surface area contributed by atoms with E-state index in [-0.39, 0.29) is 35.9 Å². The van der Waals surface area contributed by atoms with Crippen LogP contribution in [0, 0.1) is 12.8 Å². The van der Waals surface area contributed by atoms with Crippen LogP contribution >= 0.6 is 0 Å². The Morgan fingerprint density at radius 3 is 2.60 bits per heavy atom. The third-order valence-electron chi connectivity index (χ3n) is 4.28. The first kappa shape index (κ1) is 21.5. The topological polar surface area (TPSA) is 106 Å². The van der Waals surface area contributed by atoms with Gasteiger partial charge in [0.05, 0.1) is 0 Å². The van der Waals surface area contributed by atoms with E-state index in [9.17, 15) is 22.8 Å². The predicted octanol–water partition coefficient (Wildman–Crippen LogP) is 2.79. The number of aromatic nitrogens is 3. The molecule has 160 valence electrons. The SMILES string of the molecule is Cc1cc(C(=O)NCc2ccc(O[C@H](C)C(F)(F)F)nc2)nc(NC(=O)C2CC2)n1. The average Bonchev–Trinajstić information content (AvgIpc) is 3.51. The van der Waals surface area contributed by atoms with Gasteiger partial charge < -0.3 is 10.1 Å². The minimum Gasteiger partial charge on any atom is -0.465 e. The molecule has 0 bridgehead atoms. The molecule has 8 nitrogen and oxygen atoms in total. The maximum atomic E-state index is 12.5. The second kappa shape index (κ2) is 8.64. The van der Waals surface area contributed by atoms with Crippen LogP contribution in [0.1, 0.15) is 41.5 Å². The molecule has 1 atom stereocenters. The molecule has 0 saturated heterocycles. The number of carbonyl (C=O) groups excluding carboxylic acids is 2. The molecule has 1 aliphatic carbocycles. The number of carbonyl (C=O) groups is 2. The summed E-state index contributed by atoms with van der Waals surface area (Å²) in [5.41, 5.74) is 1.16. The fourth-order valence-electron chi connectivity index (χ4n) is 2.40. The Kier molecular flexibility index (Phi) is 6.18. The van der Waals surface area contributed by atoms with Gasteiger partial charge in [0.25, 0.3) is 5.91 Å². The van der Waals surface area contributed by atoms with E-state index in [4.69, 9.17) is 4.74 Å². The first-order valence-electron chi connectivity index (χ1n) is 9.25. The Balaban J connectivity index is 1.57. The van der Waals surface area contributed by atoms with E-state index in [0.29, 0.717) is 11.3 Å². The van der Waals surface area contributed by atoms with E-state index in [1.807, 2.05) is 0 Å². The van der Waals surface area contributed by atoms with E-state index >= 15 is 0 Å². The van der Waals surface area contributed by atoms with Crippen LogP contribution in [-0.4, -0.2) is 39.0 Å². The monoisotopic (exact) mass is 423 g/mol. The van der Waals surface area contributed by atoms with Crippen molar-refractivity contribution >= 4 is 17.8 Å². The second-order valence-electron chi connectivity index (χ2n) is 6.97.